The van der Waals surface area contributed by atoms with E-state index in [0.29, 0.717) is 0 Å². The summed E-state index contributed by atoms with van der Waals surface area (Å²) < 4.78 is 0. The maximum absolute atomic E-state index is 10.5. The summed E-state index contributed by atoms with van der Waals surface area (Å²) in [5.41, 5.74) is 0. The van der Waals surface area contributed by atoms with E-state index in [1.54, 1.807) is 6.92 Å². The molecule has 1 atom stereocenters. The van der Waals surface area contributed by atoms with Crippen molar-refractivity contribution >= 4 is 35.5 Å². The normalized spacial score (nSPS) is 11.9. The molecule has 0 spiro atoms. The summed E-state index contributed by atoms with van der Waals surface area (Å²) >= 11 is 0. The molecular weight excluding hydrogens is 249 g/mol. The van der Waals surface area contributed by atoms with Gasteiger partial charge in [0.05, 0.1) is 0 Å². The van der Waals surface area contributed by atoms with E-state index in [0.717, 1.165) is 13.0 Å². The summed E-state index contributed by atoms with van der Waals surface area (Å²) in [4.78, 5) is 10.5. The quantitative estimate of drug-likeness (QED) is 0.402. The van der Waals surface area contributed by atoms with Crippen LogP contribution in [-0.4, -0.2) is 53.2 Å². The number of hydrogen-bond acceptors (Lipinski definition) is 2. The number of hydrogen-bond donors (Lipinski definition) is 2. The fourth-order valence-corrected chi connectivity index (χ4v) is 2.02. The summed E-state index contributed by atoms with van der Waals surface area (Å²) in [6, 6.07) is -0.413. The molecule has 0 radical (unpaired) electrons. The van der Waals surface area contributed by atoms with Gasteiger partial charge < -0.3 is 10.4 Å². The SMILES string of the molecule is CCCCCCCCCCCCN[C@H](C)C(=O)O.[NaH]. The van der Waals surface area contributed by atoms with Gasteiger partial charge in [-0.3, -0.25) is 4.79 Å². The van der Waals surface area contributed by atoms with Gasteiger partial charge in [-0.25, -0.2) is 0 Å². The van der Waals surface area contributed by atoms with Crippen LogP contribution in [0.1, 0.15) is 78.1 Å². The van der Waals surface area contributed by atoms with Crippen molar-refractivity contribution in [3.05, 3.63) is 0 Å². The van der Waals surface area contributed by atoms with Crippen LogP contribution in [0.2, 0.25) is 0 Å². The van der Waals surface area contributed by atoms with Gasteiger partial charge in [-0.1, -0.05) is 64.7 Å². The van der Waals surface area contributed by atoms with E-state index in [-0.39, 0.29) is 29.6 Å². The predicted molar refractivity (Wildman–Crippen MR) is 84.1 cm³/mol. The molecule has 19 heavy (non-hydrogen) atoms. The first-order valence-electron chi connectivity index (χ1n) is 7.64. The van der Waals surface area contributed by atoms with Gasteiger partial charge >= 0.3 is 35.5 Å². The summed E-state index contributed by atoms with van der Waals surface area (Å²) in [6.45, 7) is 4.77. The maximum atomic E-state index is 10.5. The van der Waals surface area contributed by atoms with Gasteiger partial charge in [0, 0.05) is 0 Å². The Morgan fingerprint density at radius 1 is 0.947 bits per heavy atom. The summed E-state index contributed by atoms with van der Waals surface area (Å²) in [5, 5.41) is 11.7. The van der Waals surface area contributed by atoms with Crippen molar-refractivity contribution in [3.63, 3.8) is 0 Å². The Bertz CT molecular complexity index is 201. The van der Waals surface area contributed by atoms with Crippen molar-refractivity contribution in [2.45, 2.75) is 84.1 Å². The number of carbonyl (C=O) groups is 1. The third kappa shape index (κ3) is 16.4. The zero-order chi connectivity index (χ0) is 13.6. The number of carboxylic acid groups (broad SMARTS) is 1. The van der Waals surface area contributed by atoms with E-state index in [1.807, 2.05) is 0 Å². The molecule has 0 saturated heterocycles. The molecule has 0 bridgehead atoms. The molecule has 3 nitrogen and oxygen atoms in total. The third-order valence-electron chi connectivity index (χ3n) is 3.35. The molecule has 0 aromatic carbocycles. The van der Waals surface area contributed by atoms with E-state index in [9.17, 15) is 4.79 Å². The third-order valence-corrected chi connectivity index (χ3v) is 3.35. The Labute approximate surface area is 141 Å². The van der Waals surface area contributed by atoms with Crippen molar-refractivity contribution in [1.29, 1.82) is 0 Å². The predicted octanol–water partition coefficient (Wildman–Crippen LogP) is 3.32. The van der Waals surface area contributed by atoms with Gasteiger partial charge in [-0.05, 0) is 19.9 Å². The van der Waals surface area contributed by atoms with Crippen LogP contribution in [0.4, 0.5) is 0 Å². The molecule has 0 amide bonds. The topological polar surface area (TPSA) is 49.3 Å². The standard InChI is InChI=1S/C15H31NO2.Na.H/c1-3-4-5-6-7-8-9-10-11-12-13-16-14(2)15(17)18;;/h14,16H,3-13H2,1-2H3,(H,17,18);;/t14-;;/m1../s1. The monoisotopic (exact) mass is 281 g/mol. The van der Waals surface area contributed by atoms with Gasteiger partial charge in [0.2, 0.25) is 0 Å². The number of rotatable bonds is 13. The van der Waals surface area contributed by atoms with E-state index < -0.39 is 12.0 Å². The fraction of sp³-hybridized carbons (Fsp3) is 0.933. The number of carboxylic acids is 1. The fourth-order valence-electron chi connectivity index (χ4n) is 2.02. The average molecular weight is 281 g/mol. The Kier molecular flexibility index (Phi) is 18.8. The first kappa shape index (κ1) is 21.7. The molecule has 0 aromatic heterocycles. The Hall–Kier alpha value is 0.430. The molecule has 0 aromatic rings. The molecule has 110 valence electrons. The second-order valence-electron chi connectivity index (χ2n) is 5.20. The van der Waals surface area contributed by atoms with Gasteiger partial charge in [-0.2, -0.15) is 0 Å². The van der Waals surface area contributed by atoms with E-state index in [2.05, 4.69) is 12.2 Å². The minimum atomic E-state index is -0.762. The minimum absolute atomic E-state index is 0. The van der Waals surface area contributed by atoms with Crippen LogP contribution >= 0.6 is 0 Å². The van der Waals surface area contributed by atoms with Crippen molar-refractivity contribution in [2.24, 2.45) is 0 Å². The van der Waals surface area contributed by atoms with Crippen LogP contribution in [0.25, 0.3) is 0 Å². The Morgan fingerprint density at radius 3 is 1.79 bits per heavy atom. The molecule has 0 fully saturated rings. The van der Waals surface area contributed by atoms with Crippen molar-refractivity contribution < 1.29 is 9.90 Å². The summed E-state index contributed by atoms with van der Waals surface area (Å²) in [6.07, 6.45) is 13.2. The molecule has 0 unspecified atom stereocenters. The Morgan fingerprint density at radius 2 is 1.37 bits per heavy atom. The van der Waals surface area contributed by atoms with Crippen LogP contribution in [0.15, 0.2) is 0 Å². The molecular formula is C15H32NNaO2. The first-order valence-corrected chi connectivity index (χ1v) is 7.64. The molecule has 4 heteroatoms. The van der Waals surface area contributed by atoms with Crippen LogP contribution in [0.5, 0.6) is 0 Å². The van der Waals surface area contributed by atoms with Crippen molar-refractivity contribution in [2.75, 3.05) is 6.54 Å². The molecule has 0 saturated carbocycles. The molecule has 0 heterocycles. The number of aliphatic carboxylic acids is 1. The van der Waals surface area contributed by atoms with Crippen molar-refractivity contribution in [1.82, 2.24) is 5.32 Å². The van der Waals surface area contributed by atoms with Crippen LogP contribution in [0, 0.1) is 0 Å². The molecule has 0 rings (SSSR count). The first-order chi connectivity index (χ1) is 8.68. The van der Waals surface area contributed by atoms with Gasteiger partial charge in [0.15, 0.2) is 0 Å². The summed E-state index contributed by atoms with van der Waals surface area (Å²) in [7, 11) is 0. The number of unbranched alkanes of at least 4 members (excludes halogenated alkanes) is 9. The zero-order valence-electron chi connectivity index (χ0n) is 12.2. The Balaban J connectivity index is 0. The van der Waals surface area contributed by atoms with Crippen molar-refractivity contribution in [3.8, 4) is 0 Å². The average Bonchev–Trinajstić information content (AvgIpc) is 2.35. The second-order valence-corrected chi connectivity index (χ2v) is 5.20. The van der Waals surface area contributed by atoms with Crippen LogP contribution in [0.3, 0.4) is 0 Å². The molecule has 0 aliphatic carbocycles. The number of nitrogens with one attached hydrogen (secondary N) is 1. The van der Waals surface area contributed by atoms with Crippen LogP contribution in [-0.2, 0) is 4.79 Å². The van der Waals surface area contributed by atoms with Gasteiger partial charge in [-0.15, -0.1) is 0 Å². The van der Waals surface area contributed by atoms with E-state index in [1.165, 1.54) is 57.8 Å². The van der Waals surface area contributed by atoms with E-state index in [4.69, 9.17) is 5.11 Å². The van der Waals surface area contributed by atoms with Gasteiger partial charge in [0.25, 0.3) is 0 Å². The second kappa shape index (κ2) is 16.5. The zero-order valence-corrected chi connectivity index (χ0v) is 12.2. The van der Waals surface area contributed by atoms with Gasteiger partial charge in [0.1, 0.15) is 6.04 Å². The van der Waals surface area contributed by atoms with Crippen LogP contribution < -0.4 is 5.32 Å². The molecule has 0 aliphatic heterocycles. The molecule has 0 aliphatic rings. The van der Waals surface area contributed by atoms with E-state index >= 15 is 0 Å². The summed E-state index contributed by atoms with van der Waals surface area (Å²) in [5.74, 6) is -0.762. The molecule has 2 N–H and O–H groups in total.